The fourth-order valence-corrected chi connectivity index (χ4v) is 5.04. The second-order valence-corrected chi connectivity index (χ2v) is 9.60. The monoisotopic (exact) mass is 294 g/mol. The Labute approximate surface area is 121 Å². The highest BCUT2D eigenvalue weighted by Crippen LogP contribution is 2.55. The maximum Gasteiger partial charge on any atom is 0.240 e. The minimum Gasteiger partial charge on any atom is -0.302 e. The molecule has 0 radical (unpaired) electrons. The van der Waals surface area contributed by atoms with E-state index in [0.29, 0.717) is 5.30 Å². The lowest BCUT2D eigenvalue weighted by atomic mass is 9.99. The molecule has 0 aliphatic carbocycles. The molecule has 0 saturated carbocycles. The SMILES string of the molecule is CC(C)(C)C(=O)P(=O)(C(=O)C(C)(C)C)c1ccccc1. The molecule has 4 heteroatoms. The molecule has 1 aromatic carbocycles. The molecule has 0 aliphatic heterocycles. The molecular weight excluding hydrogens is 271 g/mol. The molecule has 3 nitrogen and oxygen atoms in total. The molecule has 0 fully saturated rings. The average Bonchev–Trinajstić information content (AvgIpc) is 2.35. The smallest absolute Gasteiger partial charge is 0.240 e. The highest BCUT2D eigenvalue weighted by molar-refractivity contribution is 8.00. The number of rotatable bonds is 3. The Kier molecular flexibility index (Phi) is 4.46. The minimum atomic E-state index is -3.77. The van der Waals surface area contributed by atoms with E-state index in [0.717, 1.165) is 0 Å². The molecule has 0 heterocycles. The Bertz CT molecular complexity index is 530. The van der Waals surface area contributed by atoms with E-state index in [2.05, 4.69) is 0 Å². The van der Waals surface area contributed by atoms with Gasteiger partial charge in [0.25, 0.3) is 0 Å². The average molecular weight is 294 g/mol. The summed E-state index contributed by atoms with van der Waals surface area (Å²) in [5.74, 6) is 0. The molecule has 0 spiro atoms. The van der Waals surface area contributed by atoms with Gasteiger partial charge in [-0.1, -0.05) is 71.9 Å². The second-order valence-electron chi connectivity index (χ2n) is 7.06. The van der Waals surface area contributed by atoms with Crippen LogP contribution in [-0.2, 0) is 14.2 Å². The van der Waals surface area contributed by atoms with Crippen LogP contribution in [0.2, 0.25) is 0 Å². The van der Waals surface area contributed by atoms with Gasteiger partial charge in [-0.15, -0.1) is 0 Å². The Hall–Kier alpha value is -1.21. The molecule has 110 valence electrons. The van der Waals surface area contributed by atoms with E-state index in [1.54, 1.807) is 71.9 Å². The normalized spacial score (nSPS) is 13.1. The van der Waals surface area contributed by atoms with Crippen molar-refractivity contribution < 1.29 is 14.2 Å². The van der Waals surface area contributed by atoms with E-state index < -0.39 is 29.0 Å². The first-order chi connectivity index (χ1) is 8.91. The standard InChI is InChI=1S/C16H23O3P/c1-15(2,3)13(17)20(19,14(18)16(4,5)6)12-10-8-7-9-11-12/h7-11H,1-6H3. The van der Waals surface area contributed by atoms with Crippen molar-refractivity contribution in [1.29, 1.82) is 0 Å². The van der Waals surface area contributed by atoms with Gasteiger partial charge in [0.15, 0.2) is 0 Å². The van der Waals surface area contributed by atoms with Gasteiger partial charge in [0.1, 0.15) is 0 Å². The molecule has 0 aliphatic rings. The van der Waals surface area contributed by atoms with Gasteiger partial charge in [-0.05, 0) is 0 Å². The molecule has 0 unspecified atom stereocenters. The summed E-state index contributed by atoms with van der Waals surface area (Å²) >= 11 is 0. The summed E-state index contributed by atoms with van der Waals surface area (Å²) in [7, 11) is -3.77. The lowest BCUT2D eigenvalue weighted by molar-refractivity contribution is -0.121. The molecule has 0 saturated heterocycles. The van der Waals surface area contributed by atoms with Gasteiger partial charge in [0.05, 0.1) is 0 Å². The zero-order valence-corrected chi connectivity index (χ0v) is 14.0. The first-order valence-corrected chi connectivity index (χ1v) is 8.38. The summed E-state index contributed by atoms with van der Waals surface area (Å²) < 4.78 is 13.4. The van der Waals surface area contributed by atoms with Crippen molar-refractivity contribution in [2.75, 3.05) is 0 Å². The van der Waals surface area contributed by atoms with Crippen molar-refractivity contribution in [3.8, 4) is 0 Å². The third-order valence-electron chi connectivity index (χ3n) is 2.97. The van der Waals surface area contributed by atoms with E-state index in [9.17, 15) is 14.2 Å². The fraction of sp³-hybridized carbons (Fsp3) is 0.500. The van der Waals surface area contributed by atoms with Crippen LogP contribution < -0.4 is 5.30 Å². The fourth-order valence-electron chi connectivity index (χ4n) is 1.91. The highest BCUT2D eigenvalue weighted by atomic mass is 31.2. The van der Waals surface area contributed by atoms with Crippen LogP contribution in [0.4, 0.5) is 0 Å². The molecule has 0 aromatic heterocycles. The van der Waals surface area contributed by atoms with Crippen LogP contribution in [0.5, 0.6) is 0 Å². The summed E-state index contributed by atoms with van der Waals surface area (Å²) in [5, 5.41) is 0.333. The molecule has 20 heavy (non-hydrogen) atoms. The van der Waals surface area contributed by atoms with Crippen molar-refractivity contribution in [3.63, 3.8) is 0 Å². The third kappa shape index (κ3) is 3.09. The van der Waals surface area contributed by atoms with Gasteiger partial charge in [0, 0.05) is 16.1 Å². The number of hydrogen-bond donors (Lipinski definition) is 0. The molecular formula is C16H23O3P. The van der Waals surface area contributed by atoms with E-state index in [4.69, 9.17) is 0 Å². The van der Waals surface area contributed by atoms with Crippen LogP contribution in [0.1, 0.15) is 41.5 Å². The molecule has 0 amide bonds. The number of hydrogen-bond acceptors (Lipinski definition) is 3. The Morgan fingerprint density at radius 2 is 1.15 bits per heavy atom. The maximum atomic E-state index is 13.4. The Morgan fingerprint density at radius 1 is 0.800 bits per heavy atom. The number of benzene rings is 1. The predicted molar refractivity (Wildman–Crippen MR) is 82.6 cm³/mol. The van der Waals surface area contributed by atoms with Crippen LogP contribution in [0.3, 0.4) is 0 Å². The van der Waals surface area contributed by atoms with Crippen LogP contribution in [0.25, 0.3) is 0 Å². The van der Waals surface area contributed by atoms with Crippen LogP contribution in [-0.4, -0.2) is 11.0 Å². The van der Waals surface area contributed by atoms with E-state index >= 15 is 0 Å². The summed E-state index contributed by atoms with van der Waals surface area (Å²) in [5.41, 5.74) is -2.61. The van der Waals surface area contributed by atoms with Crippen LogP contribution in [0, 0.1) is 10.8 Å². The first kappa shape index (κ1) is 16.8. The largest absolute Gasteiger partial charge is 0.302 e. The predicted octanol–water partition coefficient (Wildman–Crippen LogP) is 3.82. The summed E-state index contributed by atoms with van der Waals surface area (Å²) in [4.78, 5) is 25.4. The number of carbonyl (C=O) groups is 2. The van der Waals surface area contributed by atoms with Crippen molar-refractivity contribution in [3.05, 3.63) is 30.3 Å². The molecule has 0 N–H and O–H groups in total. The van der Waals surface area contributed by atoms with Gasteiger partial charge >= 0.3 is 0 Å². The summed E-state index contributed by atoms with van der Waals surface area (Å²) in [6.45, 7) is 10.2. The summed E-state index contributed by atoms with van der Waals surface area (Å²) in [6, 6.07) is 8.39. The Morgan fingerprint density at radius 3 is 1.45 bits per heavy atom. The van der Waals surface area contributed by atoms with Crippen molar-refractivity contribution in [2.24, 2.45) is 10.8 Å². The van der Waals surface area contributed by atoms with E-state index in [-0.39, 0.29) is 0 Å². The van der Waals surface area contributed by atoms with Crippen LogP contribution in [0.15, 0.2) is 30.3 Å². The van der Waals surface area contributed by atoms with Gasteiger partial charge in [-0.25, -0.2) is 0 Å². The topological polar surface area (TPSA) is 51.2 Å². The van der Waals surface area contributed by atoms with Gasteiger partial charge in [-0.3, -0.25) is 9.59 Å². The van der Waals surface area contributed by atoms with Gasteiger partial charge in [-0.2, -0.15) is 0 Å². The molecule has 1 aromatic rings. The highest BCUT2D eigenvalue weighted by Gasteiger charge is 2.49. The lowest BCUT2D eigenvalue weighted by Crippen LogP contribution is -2.34. The number of carbonyl (C=O) groups excluding carboxylic acids is 2. The third-order valence-corrected chi connectivity index (χ3v) is 6.49. The van der Waals surface area contributed by atoms with Crippen LogP contribution >= 0.6 is 7.14 Å². The maximum absolute atomic E-state index is 13.4. The molecule has 1 rings (SSSR count). The van der Waals surface area contributed by atoms with Crippen molar-refractivity contribution in [2.45, 2.75) is 41.5 Å². The summed E-state index contributed by atoms with van der Waals surface area (Å²) in [6.07, 6.45) is 0. The second kappa shape index (κ2) is 5.29. The van der Waals surface area contributed by atoms with Gasteiger partial charge in [0.2, 0.25) is 18.2 Å². The zero-order valence-electron chi connectivity index (χ0n) is 13.1. The van der Waals surface area contributed by atoms with E-state index in [1.165, 1.54) is 0 Å². The molecule has 0 atom stereocenters. The van der Waals surface area contributed by atoms with Crippen molar-refractivity contribution >= 4 is 23.5 Å². The Balaban J connectivity index is 3.56. The minimum absolute atomic E-state index is 0.333. The lowest BCUT2D eigenvalue weighted by Gasteiger charge is -2.29. The van der Waals surface area contributed by atoms with Crippen molar-refractivity contribution in [1.82, 2.24) is 0 Å². The zero-order chi connectivity index (χ0) is 15.8. The quantitative estimate of drug-likeness (QED) is 0.796. The van der Waals surface area contributed by atoms with Gasteiger partial charge < -0.3 is 4.57 Å². The van der Waals surface area contributed by atoms with E-state index in [1.807, 2.05) is 0 Å². The molecule has 0 bridgehead atoms. The first-order valence-electron chi connectivity index (χ1n) is 6.67.